The van der Waals surface area contributed by atoms with Crippen molar-refractivity contribution >= 4 is 29.2 Å². The Morgan fingerprint density at radius 1 is 1.30 bits per heavy atom. The second kappa shape index (κ2) is 11.5. The van der Waals surface area contributed by atoms with Crippen molar-refractivity contribution < 1.29 is 19.4 Å². The predicted octanol–water partition coefficient (Wildman–Crippen LogP) is -0.477. The van der Waals surface area contributed by atoms with Crippen molar-refractivity contribution in [2.75, 3.05) is 13.2 Å². The molecular formula is C17H26N8O5. The molecule has 0 fully saturated rings. The predicted molar refractivity (Wildman–Crippen MR) is 108 cm³/mol. The second-order valence-corrected chi connectivity index (χ2v) is 6.52. The van der Waals surface area contributed by atoms with Crippen LogP contribution in [-0.4, -0.2) is 61.8 Å². The molecule has 13 nitrogen and oxygen atoms in total. The summed E-state index contributed by atoms with van der Waals surface area (Å²) in [5.41, 5.74) is 11.5. The molecule has 2 rings (SSSR count). The molecule has 0 aliphatic carbocycles. The van der Waals surface area contributed by atoms with Crippen LogP contribution in [0.4, 0.5) is 4.79 Å². The van der Waals surface area contributed by atoms with E-state index in [9.17, 15) is 14.4 Å². The highest BCUT2D eigenvalue weighted by Crippen LogP contribution is 2.07. The normalized spacial score (nSPS) is 12.6. The monoisotopic (exact) mass is 422 g/mol. The summed E-state index contributed by atoms with van der Waals surface area (Å²) in [7, 11) is 0. The van der Waals surface area contributed by atoms with Crippen LogP contribution in [0.25, 0.3) is 11.2 Å². The summed E-state index contributed by atoms with van der Waals surface area (Å²) < 4.78 is 6.83. The molecule has 0 radical (unpaired) electrons. The molecule has 0 aromatic carbocycles. The van der Waals surface area contributed by atoms with Crippen molar-refractivity contribution in [3.05, 3.63) is 23.0 Å². The summed E-state index contributed by atoms with van der Waals surface area (Å²) in [5, 5.41) is 11.0. The van der Waals surface area contributed by atoms with Gasteiger partial charge in [-0.05, 0) is 32.1 Å². The van der Waals surface area contributed by atoms with Gasteiger partial charge in [0.1, 0.15) is 6.04 Å². The van der Waals surface area contributed by atoms with E-state index in [4.69, 9.17) is 21.3 Å². The number of nitrogens with one attached hydrogen (secondary N) is 2. The molecule has 7 N–H and O–H groups in total. The molecular weight excluding hydrogens is 396 g/mol. The number of alkyl carbamates (subject to hydrolysis) is 1. The highest BCUT2D eigenvalue weighted by Gasteiger charge is 2.10. The number of carboxylic acid groups (broad SMARTS) is 1. The fourth-order valence-corrected chi connectivity index (χ4v) is 2.60. The third-order valence-electron chi connectivity index (χ3n) is 4.19. The number of aromatic nitrogens is 4. The van der Waals surface area contributed by atoms with E-state index in [0.717, 1.165) is 12.8 Å². The first-order valence-corrected chi connectivity index (χ1v) is 9.49. The fourth-order valence-electron chi connectivity index (χ4n) is 2.60. The van der Waals surface area contributed by atoms with Crippen LogP contribution in [-0.2, 0) is 16.1 Å². The lowest BCUT2D eigenvalue weighted by atomic mass is 10.2. The van der Waals surface area contributed by atoms with Crippen LogP contribution >= 0.6 is 0 Å². The highest BCUT2D eigenvalue weighted by atomic mass is 16.5. The molecule has 0 saturated carbocycles. The maximum absolute atomic E-state index is 11.6. The smallest absolute Gasteiger partial charge is 0.413 e. The number of aromatic amines is 1. The SMILES string of the molecule is NC(=NCCCC(N)C(=O)O)NC(=O)OCCCCCn1cnc2c(=O)[nH]cnc21. The summed E-state index contributed by atoms with van der Waals surface area (Å²) in [6, 6.07) is -0.939. The Kier molecular flexibility index (Phi) is 8.75. The molecule has 0 bridgehead atoms. The second-order valence-electron chi connectivity index (χ2n) is 6.52. The van der Waals surface area contributed by atoms with Crippen molar-refractivity contribution in [2.45, 2.75) is 44.7 Å². The molecule has 164 valence electrons. The Balaban J connectivity index is 1.57. The first-order valence-electron chi connectivity index (χ1n) is 9.49. The maximum atomic E-state index is 11.6. The number of amides is 1. The molecule has 2 heterocycles. The summed E-state index contributed by atoms with van der Waals surface area (Å²) in [5.74, 6) is -1.17. The number of fused-ring (bicyclic) bond motifs is 1. The number of ether oxygens (including phenoxy) is 1. The van der Waals surface area contributed by atoms with E-state index >= 15 is 0 Å². The number of carbonyl (C=O) groups excluding carboxylic acids is 1. The number of guanidine groups is 1. The van der Waals surface area contributed by atoms with Gasteiger partial charge in [0.2, 0.25) is 0 Å². The summed E-state index contributed by atoms with van der Waals surface area (Å²) in [6.07, 6.45) is 5.15. The molecule has 1 unspecified atom stereocenters. The Morgan fingerprint density at radius 2 is 2.10 bits per heavy atom. The minimum absolute atomic E-state index is 0.0987. The number of nitrogens with zero attached hydrogens (tertiary/aromatic N) is 4. The lowest BCUT2D eigenvalue weighted by molar-refractivity contribution is -0.138. The number of nitrogens with two attached hydrogens (primary N) is 2. The Labute approximate surface area is 171 Å². The molecule has 0 aliphatic heterocycles. The van der Waals surface area contributed by atoms with Crippen LogP contribution in [0, 0.1) is 0 Å². The van der Waals surface area contributed by atoms with Crippen molar-refractivity contribution in [1.29, 1.82) is 0 Å². The van der Waals surface area contributed by atoms with Crippen molar-refractivity contribution in [3.63, 3.8) is 0 Å². The third-order valence-corrected chi connectivity index (χ3v) is 4.19. The molecule has 0 spiro atoms. The van der Waals surface area contributed by atoms with Gasteiger partial charge in [-0.25, -0.2) is 14.8 Å². The number of imidazole rings is 1. The minimum Gasteiger partial charge on any atom is -0.480 e. The number of unbranched alkanes of at least 4 members (excludes halogenated alkanes) is 2. The zero-order valence-electron chi connectivity index (χ0n) is 16.4. The number of aliphatic imine (C=N–C) groups is 1. The summed E-state index contributed by atoms with van der Waals surface area (Å²) >= 11 is 0. The van der Waals surface area contributed by atoms with E-state index in [2.05, 4.69) is 25.3 Å². The van der Waals surface area contributed by atoms with Gasteiger partial charge in [0.05, 0.1) is 19.3 Å². The quantitative estimate of drug-likeness (QED) is 0.180. The number of carboxylic acids is 1. The Hall–Kier alpha value is -3.48. The standard InChI is InChI=1S/C17H26N8O5/c18-11(15(27)28)5-4-6-20-16(19)24-17(29)30-8-3-1-2-7-25-10-23-12-13(25)21-9-22-14(12)26/h9-11H,1-8,18H2,(H,27,28)(H,21,22,26)(H3,19,20,24,29). The Morgan fingerprint density at radius 3 is 2.87 bits per heavy atom. The van der Waals surface area contributed by atoms with E-state index in [1.165, 1.54) is 6.33 Å². The molecule has 0 saturated heterocycles. The molecule has 30 heavy (non-hydrogen) atoms. The van der Waals surface area contributed by atoms with E-state index in [1.807, 2.05) is 0 Å². The number of carbonyl (C=O) groups is 2. The van der Waals surface area contributed by atoms with Gasteiger partial charge in [-0.15, -0.1) is 0 Å². The maximum Gasteiger partial charge on any atom is 0.413 e. The highest BCUT2D eigenvalue weighted by molar-refractivity contribution is 5.92. The van der Waals surface area contributed by atoms with Crippen LogP contribution in [0.5, 0.6) is 0 Å². The Bertz CT molecular complexity index is 938. The number of H-pyrrole nitrogens is 1. The lowest BCUT2D eigenvalue weighted by Gasteiger charge is -2.07. The average molecular weight is 422 g/mol. The largest absolute Gasteiger partial charge is 0.480 e. The van der Waals surface area contributed by atoms with Crippen LogP contribution in [0.1, 0.15) is 32.1 Å². The molecule has 13 heteroatoms. The molecule has 2 aromatic rings. The van der Waals surface area contributed by atoms with Crippen LogP contribution < -0.4 is 22.3 Å². The first-order chi connectivity index (χ1) is 14.4. The van der Waals surface area contributed by atoms with Gasteiger partial charge in [-0.3, -0.25) is 19.9 Å². The zero-order valence-corrected chi connectivity index (χ0v) is 16.4. The molecule has 0 aliphatic rings. The van der Waals surface area contributed by atoms with Crippen molar-refractivity contribution in [3.8, 4) is 0 Å². The van der Waals surface area contributed by atoms with Crippen LogP contribution in [0.15, 0.2) is 22.4 Å². The molecule has 1 atom stereocenters. The minimum atomic E-state index is -1.07. The van der Waals surface area contributed by atoms with Gasteiger partial charge in [0, 0.05) is 13.1 Å². The van der Waals surface area contributed by atoms with Gasteiger partial charge in [0.15, 0.2) is 17.1 Å². The number of rotatable bonds is 11. The molecule has 2 aromatic heterocycles. The number of hydrogen-bond acceptors (Lipinski definition) is 8. The zero-order chi connectivity index (χ0) is 21.9. The van der Waals surface area contributed by atoms with Gasteiger partial charge in [-0.1, -0.05) is 0 Å². The fraction of sp³-hybridized carbons (Fsp3) is 0.529. The molecule has 1 amide bonds. The average Bonchev–Trinajstić information content (AvgIpc) is 3.12. The summed E-state index contributed by atoms with van der Waals surface area (Å²) in [4.78, 5) is 48.4. The first kappa shape index (κ1) is 22.8. The van der Waals surface area contributed by atoms with E-state index in [1.54, 1.807) is 10.9 Å². The van der Waals surface area contributed by atoms with Gasteiger partial charge < -0.3 is 30.9 Å². The van der Waals surface area contributed by atoms with Crippen molar-refractivity contribution in [2.24, 2.45) is 16.5 Å². The number of aryl methyl sites for hydroxylation is 1. The van der Waals surface area contributed by atoms with Crippen LogP contribution in [0.2, 0.25) is 0 Å². The summed E-state index contributed by atoms with van der Waals surface area (Å²) in [6.45, 7) is 1.11. The lowest BCUT2D eigenvalue weighted by Crippen LogP contribution is -2.37. The van der Waals surface area contributed by atoms with Gasteiger partial charge in [-0.2, -0.15) is 0 Å². The van der Waals surface area contributed by atoms with Gasteiger partial charge in [0.25, 0.3) is 5.56 Å². The topological polar surface area (TPSA) is 204 Å². The van der Waals surface area contributed by atoms with Crippen molar-refractivity contribution in [1.82, 2.24) is 24.8 Å². The van der Waals surface area contributed by atoms with Crippen LogP contribution in [0.3, 0.4) is 0 Å². The van der Waals surface area contributed by atoms with E-state index in [0.29, 0.717) is 30.6 Å². The van der Waals surface area contributed by atoms with E-state index < -0.39 is 18.1 Å². The third kappa shape index (κ3) is 7.16. The van der Waals surface area contributed by atoms with Gasteiger partial charge >= 0.3 is 12.1 Å². The number of aliphatic carboxylic acids is 1. The van der Waals surface area contributed by atoms with E-state index in [-0.39, 0.29) is 31.1 Å². The number of hydrogen-bond donors (Lipinski definition) is 5.